The highest BCUT2D eigenvalue weighted by Gasteiger charge is 2.46. The van der Waals surface area contributed by atoms with E-state index in [0.717, 1.165) is 16.9 Å². The van der Waals surface area contributed by atoms with E-state index >= 15 is 0 Å². The molecule has 3 aromatic rings. The molecule has 1 aliphatic heterocycles. The highest BCUT2D eigenvalue weighted by Crippen LogP contribution is 2.43. The summed E-state index contributed by atoms with van der Waals surface area (Å²) >= 11 is 0. The first kappa shape index (κ1) is 24.4. The number of carbonyl (C=O) groups is 4. The number of hydrogen-bond donors (Lipinski definition) is 0. The van der Waals surface area contributed by atoms with E-state index in [-0.39, 0.29) is 23.8 Å². The molecule has 0 aromatic heterocycles. The average Bonchev–Trinajstić information content (AvgIpc) is 3.37. The molecular formula is C30H29N3O4. The number of carbonyl (C=O) groups excluding carboxylic acids is 4. The predicted octanol–water partition coefficient (Wildman–Crippen LogP) is 4.42. The van der Waals surface area contributed by atoms with Gasteiger partial charge in [-0.1, -0.05) is 67.1 Å². The zero-order chi connectivity index (χ0) is 25.9. The normalized spacial score (nSPS) is 18.6. The average molecular weight is 496 g/mol. The van der Waals surface area contributed by atoms with Gasteiger partial charge in [-0.25, -0.2) is 0 Å². The fraction of sp³-hybridized carbons (Fsp3) is 0.267. The van der Waals surface area contributed by atoms with Gasteiger partial charge < -0.3 is 9.80 Å². The lowest BCUT2D eigenvalue weighted by molar-refractivity contribution is -0.131. The largest absolute Gasteiger partial charge is 0.306 e. The van der Waals surface area contributed by atoms with Gasteiger partial charge in [-0.15, -0.1) is 0 Å². The Morgan fingerprint density at radius 2 is 1.46 bits per heavy atom. The lowest BCUT2D eigenvalue weighted by Gasteiger charge is -2.32. The van der Waals surface area contributed by atoms with E-state index in [1.165, 1.54) is 6.92 Å². The van der Waals surface area contributed by atoms with Gasteiger partial charge in [0.1, 0.15) is 6.54 Å². The van der Waals surface area contributed by atoms with Gasteiger partial charge in [0.2, 0.25) is 17.7 Å². The molecule has 7 heteroatoms. The molecule has 2 unspecified atom stereocenters. The van der Waals surface area contributed by atoms with Crippen LogP contribution in [0.3, 0.4) is 0 Å². The van der Waals surface area contributed by atoms with Crippen LogP contribution in [-0.2, 0) is 20.9 Å². The van der Waals surface area contributed by atoms with Crippen LogP contribution in [0.4, 0.5) is 11.4 Å². The molecule has 1 aliphatic carbocycles. The summed E-state index contributed by atoms with van der Waals surface area (Å²) in [4.78, 5) is 57.8. The van der Waals surface area contributed by atoms with E-state index in [0.29, 0.717) is 36.3 Å². The molecule has 1 heterocycles. The van der Waals surface area contributed by atoms with Crippen molar-refractivity contribution in [3.63, 3.8) is 0 Å². The highest BCUT2D eigenvalue weighted by molar-refractivity contribution is 6.11. The number of para-hydroxylation sites is 2. The maximum atomic E-state index is 13.9. The molecule has 0 saturated heterocycles. The summed E-state index contributed by atoms with van der Waals surface area (Å²) in [6.45, 7) is 1.29. The third-order valence-corrected chi connectivity index (χ3v) is 7.22. The van der Waals surface area contributed by atoms with Crippen molar-refractivity contribution >= 4 is 35.0 Å². The number of nitrogens with zero attached hydrogens (tertiary/aromatic N) is 3. The Bertz CT molecular complexity index is 1320. The minimum Gasteiger partial charge on any atom is -0.306 e. The van der Waals surface area contributed by atoms with Crippen LogP contribution < -0.4 is 9.80 Å². The smallest absolute Gasteiger partial charge is 0.260 e. The van der Waals surface area contributed by atoms with Crippen molar-refractivity contribution in [2.24, 2.45) is 5.92 Å². The second-order valence-electron chi connectivity index (χ2n) is 9.54. The molecule has 4 amide bonds. The fourth-order valence-corrected chi connectivity index (χ4v) is 5.45. The summed E-state index contributed by atoms with van der Waals surface area (Å²) in [7, 11) is 0. The van der Waals surface area contributed by atoms with Crippen molar-refractivity contribution in [1.82, 2.24) is 4.90 Å². The molecule has 0 radical (unpaired) electrons. The van der Waals surface area contributed by atoms with Crippen LogP contribution in [-0.4, -0.2) is 41.1 Å². The summed E-state index contributed by atoms with van der Waals surface area (Å²) in [5, 5.41) is 0. The molecule has 0 bridgehead atoms. The van der Waals surface area contributed by atoms with Gasteiger partial charge in [-0.05, 0) is 42.7 Å². The van der Waals surface area contributed by atoms with Crippen LogP contribution in [0.25, 0.3) is 0 Å². The monoisotopic (exact) mass is 495 g/mol. The van der Waals surface area contributed by atoms with Gasteiger partial charge in [-0.2, -0.15) is 0 Å². The Morgan fingerprint density at radius 1 is 0.838 bits per heavy atom. The van der Waals surface area contributed by atoms with Crippen LogP contribution in [0.1, 0.15) is 42.1 Å². The summed E-state index contributed by atoms with van der Waals surface area (Å²) in [6, 6.07) is 25.3. The van der Waals surface area contributed by atoms with E-state index in [4.69, 9.17) is 0 Å². The van der Waals surface area contributed by atoms with Gasteiger partial charge in [0.15, 0.2) is 0 Å². The van der Waals surface area contributed by atoms with E-state index in [1.807, 2.05) is 54.6 Å². The topological polar surface area (TPSA) is 78.0 Å². The number of imide groups is 1. The zero-order valence-electron chi connectivity index (χ0n) is 20.7. The molecular weight excluding hydrogens is 466 g/mol. The van der Waals surface area contributed by atoms with Crippen molar-refractivity contribution in [2.45, 2.75) is 38.8 Å². The van der Waals surface area contributed by atoms with Gasteiger partial charge in [0.05, 0.1) is 23.8 Å². The molecule has 0 N–H and O–H groups in total. The lowest BCUT2D eigenvalue weighted by Crippen LogP contribution is -2.50. The molecule has 0 spiro atoms. The second-order valence-corrected chi connectivity index (χ2v) is 9.54. The minimum atomic E-state index is -0.519. The Balaban J connectivity index is 1.52. The van der Waals surface area contributed by atoms with Gasteiger partial charge in [0, 0.05) is 18.5 Å². The Morgan fingerprint density at radius 3 is 2.14 bits per heavy atom. The molecule has 2 atom stereocenters. The fourth-order valence-electron chi connectivity index (χ4n) is 5.45. The van der Waals surface area contributed by atoms with E-state index in [2.05, 4.69) is 0 Å². The first-order chi connectivity index (χ1) is 18.0. The van der Waals surface area contributed by atoms with Crippen LogP contribution in [0.2, 0.25) is 0 Å². The van der Waals surface area contributed by atoms with Gasteiger partial charge in [-0.3, -0.25) is 24.1 Å². The Labute approximate surface area is 216 Å². The van der Waals surface area contributed by atoms with Crippen molar-refractivity contribution in [3.8, 4) is 0 Å². The van der Waals surface area contributed by atoms with E-state index in [9.17, 15) is 19.2 Å². The SMILES string of the molecule is CC(=O)N(CC(=O)N1c2ccccc2N(Cc2ccccc2)C(=O)C2CCCC21)C(=O)c1ccccc1. The number of anilines is 2. The van der Waals surface area contributed by atoms with Crippen LogP contribution >= 0.6 is 0 Å². The van der Waals surface area contributed by atoms with E-state index in [1.54, 1.807) is 40.1 Å². The van der Waals surface area contributed by atoms with Crippen molar-refractivity contribution in [1.29, 1.82) is 0 Å². The summed E-state index contributed by atoms with van der Waals surface area (Å²) < 4.78 is 0. The molecule has 188 valence electrons. The number of hydrogen-bond acceptors (Lipinski definition) is 4. The first-order valence-electron chi connectivity index (χ1n) is 12.6. The lowest BCUT2D eigenvalue weighted by atomic mass is 10.0. The molecule has 7 nitrogen and oxygen atoms in total. The Hall–Kier alpha value is -4.26. The van der Waals surface area contributed by atoms with Crippen molar-refractivity contribution in [2.75, 3.05) is 16.3 Å². The minimum absolute atomic E-state index is 0.00195. The second kappa shape index (κ2) is 10.4. The molecule has 5 rings (SSSR count). The molecule has 1 fully saturated rings. The zero-order valence-corrected chi connectivity index (χ0v) is 20.7. The molecule has 37 heavy (non-hydrogen) atoms. The number of amides is 4. The number of fused-ring (bicyclic) bond motifs is 2. The molecule has 2 aliphatic rings. The number of rotatable bonds is 5. The van der Waals surface area contributed by atoms with Crippen molar-refractivity contribution < 1.29 is 19.2 Å². The Kier molecular flexibility index (Phi) is 6.86. The summed E-state index contributed by atoms with van der Waals surface area (Å²) in [5.41, 5.74) is 2.62. The maximum absolute atomic E-state index is 13.9. The number of benzene rings is 3. The highest BCUT2D eigenvalue weighted by atomic mass is 16.2. The predicted molar refractivity (Wildman–Crippen MR) is 141 cm³/mol. The third-order valence-electron chi connectivity index (χ3n) is 7.22. The van der Waals surface area contributed by atoms with Crippen LogP contribution in [0.15, 0.2) is 84.9 Å². The first-order valence-corrected chi connectivity index (χ1v) is 12.6. The third kappa shape index (κ3) is 4.77. The molecule has 3 aromatic carbocycles. The van der Waals surface area contributed by atoms with Gasteiger partial charge >= 0.3 is 0 Å². The summed E-state index contributed by atoms with van der Waals surface area (Å²) in [5.74, 6) is -1.75. The van der Waals surface area contributed by atoms with Gasteiger partial charge in [0.25, 0.3) is 5.91 Å². The van der Waals surface area contributed by atoms with E-state index < -0.39 is 18.4 Å². The maximum Gasteiger partial charge on any atom is 0.260 e. The van der Waals surface area contributed by atoms with Crippen LogP contribution in [0.5, 0.6) is 0 Å². The van der Waals surface area contributed by atoms with Crippen molar-refractivity contribution in [3.05, 3.63) is 96.1 Å². The molecule has 1 saturated carbocycles. The quantitative estimate of drug-likeness (QED) is 0.525. The van der Waals surface area contributed by atoms with Crippen LogP contribution in [0, 0.1) is 5.92 Å². The summed E-state index contributed by atoms with van der Waals surface area (Å²) in [6.07, 6.45) is 2.19. The standard InChI is InChI=1S/C30H29N3O4/c1-21(34)31(29(36)23-13-6-3-7-14-23)20-28(35)33-25-18-10-15-24(25)30(37)32(19-22-11-4-2-5-12-22)26-16-8-9-17-27(26)33/h2-9,11-14,16-17,24-25H,10,15,18-20H2,1H3.